The van der Waals surface area contributed by atoms with E-state index in [0.29, 0.717) is 10.6 Å². The van der Waals surface area contributed by atoms with E-state index >= 15 is 0 Å². The van der Waals surface area contributed by atoms with Gasteiger partial charge in [-0.25, -0.2) is 13.6 Å². The molecule has 1 aliphatic rings. The Bertz CT molecular complexity index is 1140. The number of nitrogens with one attached hydrogen (secondary N) is 1. The Morgan fingerprint density at radius 2 is 1.86 bits per heavy atom. The Labute approximate surface area is 169 Å². The normalized spacial score (nSPS) is 13.6. The van der Waals surface area contributed by atoms with Gasteiger partial charge in [-0.05, 0) is 36.5 Å². The van der Waals surface area contributed by atoms with E-state index in [1.165, 1.54) is 10.6 Å². The largest absolute Gasteiger partial charge is 0.356 e. The van der Waals surface area contributed by atoms with Crippen LogP contribution in [0.4, 0.5) is 8.78 Å². The van der Waals surface area contributed by atoms with Gasteiger partial charge in [0.05, 0.1) is 17.2 Å². The third-order valence-corrected chi connectivity index (χ3v) is 5.79. The number of rotatable bonds is 7. The van der Waals surface area contributed by atoms with Crippen molar-refractivity contribution in [1.82, 2.24) is 9.55 Å². The van der Waals surface area contributed by atoms with Crippen LogP contribution in [0.2, 0.25) is 0 Å². The Morgan fingerprint density at radius 3 is 2.55 bits per heavy atom. The van der Waals surface area contributed by atoms with Gasteiger partial charge in [-0.1, -0.05) is 42.1 Å². The standard InChI is InChI=1S/C21H18F2N2O3S/c22-15-8-9-17(16(23)10-15)29-20-18(14-6-7-14)19(26)24-21(27)25(20)12-28-11-13-4-2-1-3-5-13/h1-5,8-10,14H,6-7,11-12H2,(H,24,26,27). The first-order chi connectivity index (χ1) is 14.0. The summed E-state index contributed by atoms with van der Waals surface area (Å²) >= 11 is 0.940. The number of nitrogens with zero attached hydrogens (tertiary/aromatic N) is 1. The zero-order valence-electron chi connectivity index (χ0n) is 15.4. The van der Waals surface area contributed by atoms with E-state index in [2.05, 4.69) is 4.98 Å². The molecule has 0 bridgehead atoms. The maximum Gasteiger partial charge on any atom is 0.331 e. The quantitative estimate of drug-likeness (QED) is 0.591. The number of H-pyrrole nitrogens is 1. The molecule has 1 saturated carbocycles. The molecule has 1 aromatic heterocycles. The van der Waals surface area contributed by atoms with E-state index in [1.54, 1.807) is 0 Å². The maximum atomic E-state index is 14.2. The highest BCUT2D eigenvalue weighted by atomic mass is 32.2. The van der Waals surface area contributed by atoms with Gasteiger partial charge in [0.15, 0.2) is 0 Å². The molecular formula is C21H18F2N2O3S. The van der Waals surface area contributed by atoms with Crippen molar-refractivity contribution in [2.24, 2.45) is 0 Å². The van der Waals surface area contributed by atoms with Gasteiger partial charge in [0, 0.05) is 11.0 Å². The predicted molar refractivity (Wildman–Crippen MR) is 105 cm³/mol. The first-order valence-electron chi connectivity index (χ1n) is 9.14. The fourth-order valence-electron chi connectivity index (χ4n) is 3.02. The van der Waals surface area contributed by atoms with Crippen LogP contribution >= 0.6 is 11.8 Å². The lowest BCUT2D eigenvalue weighted by molar-refractivity contribution is 0.0550. The molecule has 2 aromatic carbocycles. The van der Waals surface area contributed by atoms with Crippen molar-refractivity contribution < 1.29 is 13.5 Å². The lowest BCUT2D eigenvalue weighted by atomic mass is 10.2. The third-order valence-electron chi connectivity index (χ3n) is 4.60. The summed E-state index contributed by atoms with van der Waals surface area (Å²) in [6.45, 7) is 0.176. The smallest absolute Gasteiger partial charge is 0.331 e. The molecule has 3 aromatic rings. The van der Waals surface area contributed by atoms with Gasteiger partial charge in [-0.2, -0.15) is 0 Å². The topological polar surface area (TPSA) is 64.1 Å². The lowest BCUT2D eigenvalue weighted by Crippen LogP contribution is -2.34. The van der Waals surface area contributed by atoms with Crippen LogP contribution in [0.3, 0.4) is 0 Å². The van der Waals surface area contributed by atoms with Crippen LogP contribution in [0.1, 0.15) is 29.9 Å². The van der Waals surface area contributed by atoms with Crippen LogP contribution in [0.5, 0.6) is 0 Å². The fourth-order valence-corrected chi connectivity index (χ4v) is 4.13. The van der Waals surface area contributed by atoms with E-state index in [0.717, 1.165) is 42.3 Å². The third kappa shape index (κ3) is 4.49. The van der Waals surface area contributed by atoms with Crippen LogP contribution in [0.15, 0.2) is 68.0 Å². The second-order valence-electron chi connectivity index (χ2n) is 6.82. The highest BCUT2D eigenvalue weighted by molar-refractivity contribution is 7.99. The highest BCUT2D eigenvalue weighted by Crippen LogP contribution is 2.43. The summed E-state index contributed by atoms with van der Waals surface area (Å²) in [5.74, 6) is -1.42. The van der Waals surface area contributed by atoms with E-state index in [4.69, 9.17) is 4.74 Å². The Hall–Kier alpha value is -2.71. The lowest BCUT2D eigenvalue weighted by Gasteiger charge is -2.16. The van der Waals surface area contributed by atoms with Crippen molar-refractivity contribution in [3.05, 3.63) is 92.1 Å². The van der Waals surface area contributed by atoms with Crippen molar-refractivity contribution in [3.63, 3.8) is 0 Å². The average molecular weight is 416 g/mol. The van der Waals surface area contributed by atoms with Crippen molar-refractivity contribution in [3.8, 4) is 0 Å². The van der Waals surface area contributed by atoms with Gasteiger partial charge in [0.2, 0.25) is 0 Å². The molecule has 150 valence electrons. The first-order valence-corrected chi connectivity index (χ1v) is 9.96. The van der Waals surface area contributed by atoms with Crippen molar-refractivity contribution in [1.29, 1.82) is 0 Å². The molecule has 0 atom stereocenters. The molecule has 0 spiro atoms. The van der Waals surface area contributed by atoms with Crippen molar-refractivity contribution >= 4 is 11.8 Å². The summed E-state index contributed by atoms with van der Waals surface area (Å²) in [5.41, 5.74) is 0.284. The van der Waals surface area contributed by atoms with Gasteiger partial charge in [-0.3, -0.25) is 14.3 Å². The highest BCUT2D eigenvalue weighted by Gasteiger charge is 2.32. The minimum atomic E-state index is -0.749. The summed E-state index contributed by atoms with van der Waals surface area (Å²) in [7, 11) is 0. The molecule has 0 radical (unpaired) electrons. The molecule has 0 unspecified atom stereocenters. The maximum absolute atomic E-state index is 14.2. The van der Waals surface area contributed by atoms with Crippen LogP contribution < -0.4 is 11.2 Å². The number of ether oxygens (including phenoxy) is 1. The predicted octanol–water partition coefficient (Wildman–Crippen LogP) is 4.02. The molecular weight excluding hydrogens is 398 g/mol. The van der Waals surface area contributed by atoms with Gasteiger partial charge in [0.1, 0.15) is 18.4 Å². The number of hydrogen-bond donors (Lipinski definition) is 1. The van der Waals surface area contributed by atoms with E-state index < -0.39 is 22.9 Å². The van der Waals surface area contributed by atoms with Crippen molar-refractivity contribution in [2.75, 3.05) is 0 Å². The molecule has 1 fully saturated rings. The molecule has 29 heavy (non-hydrogen) atoms. The monoisotopic (exact) mass is 416 g/mol. The zero-order valence-corrected chi connectivity index (χ0v) is 16.2. The molecule has 0 saturated heterocycles. The Kier molecular flexibility index (Phi) is 5.64. The molecule has 1 aliphatic carbocycles. The molecule has 4 rings (SSSR count). The first kappa shape index (κ1) is 19.6. The number of hydrogen-bond acceptors (Lipinski definition) is 4. The van der Waals surface area contributed by atoms with Gasteiger partial charge in [-0.15, -0.1) is 0 Å². The molecule has 5 nitrogen and oxygen atoms in total. The van der Waals surface area contributed by atoms with Gasteiger partial charge >= 0.3 is 5.69 Å². The Morgan fingerprint density at radius 1 is 1.10 bits per heavy atom. The minimum Gasteiger partial charge on any atom is -0.356 e. The zero-order chi connectivity index (χ0) is 20.4. The Balaban J connectivity index is 1.68. The average Bonchev–Trinajstić information content (AvgIpc) is 3.52. The van der Waals surface area contributed by atoms with Crippen LogP contribution in [0, 0.1) is 11.6 Å². The second kappa shape index (κ2) is 8.34. The van der Waals surface area contributed by atoms with Gasteiger partial charge < -0.3 is 4.74 Å². The molecule has 0 amide bonds. The van der Waals surface area contributed by atoms with E-state index in [1.807, 2.05) is 30.3 Å². The van der Waals surface area contributed by atoms with E-state index in [-0.39, 0.29) is 24.2 Å². The summed E-state index contributed by atoms with van der Waals surface area (Å²) in [5, 5.41) is 0.333. The van der Waals surface area contributed by atoms with Crippen LogP contribution in [-0.4, -0.2) is 9.55 Å². The second-order valence-corrected chi connectivity index (χ2v) is 7.85. The summed E-state index contributed by atoms with van der Waals surface area (Å²) in [4.78, 5) is 27.4. The number of halogens is 2. The number of aromatic amines is 1. The number of benzene rings is 2. The SMILES string of the molecule is O=c1[nH]c(=O)n(COCc2ccccc2)c(Sc2ccc(F)cc2F)c1C1CC1. The fraction of sp³-hybridized carbons (Fsp3) is 0.238. The molecule has 1 N–H and O–H groups in total. The van der Waals surface area contributed by atoms with Gasteiger partial charge in [0.25, 0.3) is 5.56 Å². The molecule has 8 heteroatoms. The summed E-state index contributed by atoms with van der Waals surface area (Å²) < 4.78 is 34.5. The molecule has 0 aliphatic heterocycles. The van der Waals surface area contributed by atoms with Crippen LogP contribution in [0.25, 0.3) is 0 Å². The molecule has 1 heterocycles. The van der Waals surface area contributed by atoms with Crippen LogP contribution in [-0.2, 0) is 18.1 Å². The summed E-state index contributed by atoms with van der Waals surface area (Å²) in [6, 6.07) is 12.7. The number of aromatic nitrogens is 2. The van der Waals surface area contributed by atoms with E-state index in [9.17, 15) is 18.4 Å². The summed E-state index contributed by atoms with van der Waals surface area (Å²) in [6.07, 6.45) is 1.65. The van der Waals surface area contributed by atoms with Crippen molar-refractivity contribution in [2.45, 2.75) is 42.0 Å². The minimum absolute atomic E-state index is 0.0192.